The summed E-state index contributed by atoms with van der Waals surface area (Å²) in [4.78, 5) is 8.77. The molecule has 0 radical (unpaired) electrons. The molecule has 0 bridgehead atoms. The summed E-state index contributed by atoms with van der Waals surface area (Å²) in [5.74, 6) is 0. The minimum Gasteiger partial charge on any atom is -0.352 e. The molecular formula is C24H26F3N5S. The first-order valence-corrected chi connectivity index (χ1v) is 11.1. The van der Waals surface area contributed by atoms with Crippen LogP contribution in [0.25, 0.3) is 5.69 Å². The van der Waals surface area contributed by atoms with Gasteiger partial charge in [-0.2, -0.15) is 13.2 Å². The number of alkyl halides is 3. The Hall–Kier alpha value is -2.91. The zero-order chi connectivity index (χ0) is 23.6. The number of aromatic nitrogens is 2. The third kappa shape index (κ3) is 5.04. The molecule has 0 saturated carbocycles. The molecule has 3 heterocycles. The van der Waals surface area contributed by atoms with Crippen LogP contribution in [0.1, 0.15) is 35.5 Å². The monoisotopic (exact) mass is 473 g/mol. The Balaban J connectivity index is 1.75. The van der Waals surface area contributed by atoms with Crippen LogP contribution in [0.3, 0.4) is 0 Å². The van der Waals surface area contributed by atoms with Crippen molar-refractivity contribution in [1.82, 2.24) is 24.7 Å². The lowest BCUT2D eigenvalue weighted by Gasteiger charge is -2.29. The van der Waals surface area contributed by atoms with Crippen molar-refractivity contribution in [3.05, 3.63) is 83.9 Å². The van der Waals surface area contributed by atoms with Crippen LogP contribution in [0.4, 0.5) is 13.2 Å². The number of pyridine rings is 1. The standard InChI is InChI=1S/C24H26F3N5S/c1-30(2)13-7-15-32-22(21(29-23(32)33)19-10-3-4-12-28-19)20-11-6-14-31(20)18-9-5-8-17(16-18)24(25,26)27/h3-6,8-12,14,16,21-22H,7,13,15H2,1-2H3,(H,29,33). The van der Waals surface area contributed by atoms with E-state index in [0.717, 1.165) is 30.4 Å². The first-order valence-electron chi connectivity index (χ1n) is 10.7. The number of benzene rings is 1. The number of hydrogen-bond acceptors (Lipinski definition) is 3. The Bertz CT molecular complexity index is 1100. The van der Waals surface area contributed by atoms with Gasteiger partial charge in [0.25, 0.3) is 0 Å². The maximum atomic E-state index is 13.4. The van der Waals surface area contributed by atoms with Gasteiger partial charge in [0.2, 0.25) is 0 Å². The zero-order valence-electron chi connectivity index (χ0n) is 18.5. The van der Waals surface area contributed by atoms with Crippen molar-refractivity contribution in [2.24, 2.45) is 0 Å². The van der Waals surface area contributed by atoms with Gasteiger partial charge in [-0.25, -0.2) is 0 Å². The molecule has 1 aliphatic rings. The molecule has 3 aromatic rings. The summed E-state index contributed by atoms with van der Waals surface area (Å²) in [5, 5.41) is 4.02. The summed E-state index contributed by atoms with van der Waals surface area (Å²) < 4.78 is 41.9. The lowest BCUT2D eigenvalue weighted by Crippen LogP contribution is -2.33. The fourth-order valence-corrected chi connectivity index (χ4v) is 4.56. The van der Waals surface area contributed by atoms with Crippen LogP contribution in [-0.4, -0.2) is 51.6 Å². The maximum absolute atomic E-state index is 13.4. The van der Waals surface area contributed by atoms with Gasteiger partial charge in [0.05, 0.1) is 23.3 Å². The summed E-state index contributed by atoms with van der Waals surface area (Å²) in [6.45, 7) is 1.61. The molecular weight excluding hydrogens is 447 g/mol. The number of hydrogen-bond donors (Lipinski definition) is 1. The number of rotatable bonds is 7. The van der Waals surface area contributed by atoms with Crippen LogP contribution in [0.5, 0.6) is 0 Å². The van der Waals surface area contributed by atoms with E-state index in [1.54, 1.807) is 18.5 Å². The third-order valence-corrected chi connectivity index (χ3v) is 6.09. The number of nitrogens with zero attached hydrogens (tertiary/aromatic N) is 4. The first-order chi connectivity index (χ1) is 15.8. The van der Waals surface area contributed by atoms with Crippen molar-refractivity contribution in [2.45, 2.75) is 24.7 Å². The molecule has 9 heteroatoms. The minimum atomic E-state index is -4.41. The van der Waals surface area contributed by atoms with Crippen LogP contribution in [0, 0.1) is 0 Å². The van der Waals surface area contributed by atoms with Gasteiger partial charge >= 0.3 is 6.18 Å². The van der Waals surface area contributed by atoms with Crippen molar-refractivity contribution >= 4 is 17.3 Å². The van der Waals surface area contributed by atoms with E-state index < -0.39 is 11.7 Å². The van der Waals surface area contributed by atoms with E-state index in [2.05, 4.69) is 20.1 Å². The Labute approximate surface area is 196 Å². The first kappa shape index (κ1) is 23.3. The molecule has 1 aliphatic heterocycles. The third-order valence-electron chi connectivity index (χ3n) is 5.74. The predicted octanol–water partition coefficient (Wildman–Crippen LogP) is 4.82. The highest BCUT2D eigenvalue weighted by Gasteiger charge is 2.41. The summed E-state index contributed by atoms with van der Waals surface area (Å²) >= 11 is 5.69. The molecule has 33 heavy (non-hydrogen) atoms. The maximum Gasteiger partial charge on any atom is 0.416 e. The molecule has 1 fully saturated rings. The van der Waals surface area contributed by atoms with Crippen molar-refractivity contribution in [3.8, 4) is 5.69 Å². The summed E-state index contributed by atoms with van der Waals surface area (Å²) in [6.07, 6.45) is 0.0103. The Kier molecular flexibility index (Phi) is 6.71. The van der Waals surface area contributed by atoms with Crippen molar-refractivity contribution < 1.29 is 13.2 Å². The highest BCUT2D eigenvalue weighted by Crippen LogP contribution is 2.40. The van der Waals surface area contributed by atoms with Crippen LogP contribution in [0.15, 0.2) is 67.0 Å². The molecule has 1 N–H and O–H groups in total. The van der Waals surface area contributed by atoms with E-state index in [4.69, 9.17) is 12.2 Å². The minimum absolute atomic E-state index is 0.223. The molecule has 2 atom stereocenters. The van der Waals surface area contributed by atoms with E-state index in [0.29, 0.717) is 17.3 Å². The second-order valence-electron chi connectivity index (χ2n) is 8.33. The van der Waals surface area contributed by atoms with E-state index in [9.17, 15) is 13.2 Å². The molecule has 0 aliphatic carbocycles. The van der Waals surface area contributed by atoms with E-state index in [-0.39, 0.29) is 12.1 Å². The molecule has 4 rings (SSSR count). The predicted molar refractivity (Wildman–Crippen MR) is 126 cm³/mol. The van der Waals surface area contributed by atoms with Crippen molar-refractivity contribution in [2.75, 3.05) is 27.2 Å². The van der Waals surface area contributed by atoms with Gasteiger partial charge < -0.3 is 19.7 Å². The Morgan fingerprint density at radius 1 is 1.09 bits per heavy atom. The van der Waals surface area contributed by atoms with Gasteiger partial charge in [-0.1, -0.05) is 12.1 Å². The largest absolute Gasteiger partial charge is 0.416 e. The molecule has 2 aromatic heterocycles. The van der Waals surface area contributed by atoms with E-state index >= 15 is 0 Å². The highest BCUT2D eigenvalue weighted by molar-refractivity contribution is 7.80. The van der Waals surface area contributed by atoms with Crippen LogP contribution < -0.4 is 5.32 Å². The number of nitrogens with one attached hydrogen (secondary N) is 1. The number of halogens is 3. The molecule has 1 saturated heterocycles. The SMILES string of the molecule is CN(C)CCCN1C(=S)NC(c2ccccn2)C1c1cccn1-c1cccc(C(F)(F)F)c1. The van der Waals surface area contributed by atoms with Gasteiger partial charge in [-0.05, 0) is 81.7 Å². The van der Waals surface area contributed by atoms with Crippen molar-refractivity contribution in [1.29, 1.82) is 0 Å². The molecule has 2 unspecified atom stereocenters. The lowest BCUT2D eigenvalue weighted by molar-refractivity contribution is -0.137. The average molecular weight is 474 g/mol. The topological polar surface area (TPSA) is 36.3 Å². The molecule has 5 nitrogen and oxygen atoms in total. The van der Waals surface area contributed by atoms with Gasteiger partial charge in [0, 0.05) is 30.3 Å². The van der Waals surface area contributed by atoms with Crippen LogP contribution >= 0.6 is 12.2 Å². The summed E-state index contributed by atoms with van der Waals surface area (Å²) in [6, 6.07) is 14.4. The Morgan fingerprint density at radius 3 is 2.61 bits per heavy atom. The average Bonchev–Trinajstić information content (AvgIpc) is 3.38. The normalized spacial score (nSPS) is 18.7. The second kappa shape index (κ2) is 9.52. The summed E-state index contributed by atoms with van der Waals surface area (Å²) in [5.41, 5.74) is 1.46. The Morgan fingerprint density at radius 2 is 1.91 bits per heavy atom. The van der Waals surface area contributed by atoms with E-state index in [1.807, 2.05) is 49.0 Å². The smallest absolute Gasteiger partial charge is 0.352 e. The van der Waals surface area contributed by atoms with Crippen molar-refractivity contribution in [3.63, 3.8) is 0 Å². The quantitative estimate of drug-likeness (QED) is 0.498. The fraction of sp³-hybridized carbons (Fsp3) is 0.333. The molecule has 0 amide bonds. The van der Waals surface area contributed by atoms with Gasteiger partial charge in [-0.15, -0.1) is 0 Å². The molecule has 174 valence electrons. The molecule has 1 aromatic carbocycles. The van der Waals surface area contributed by atoms with Crippen LogP contribution in [0.2, 0.25) is 0 Å². The number of thiocarbonyl (C=S) groups is 1. The van der Waals surface area contributed by atoms with Crippen LogP contribution in [-0.2, 0) is 6.18 Å². The zero-order valence-corrected chi connectivity index (χ0v) is 19.3. The lowest BCUT2D eigenvalue weighted by atomic mass is 10.0. The fourth-order valence-electron chi connectivity index (χ4n) is 4.23. The second-order valence-corrected chi connectivity index (χ2v) is 8.71. The van der Waals surface area contributed by atoms with Gasteiger partial charge in [-0.3, -0.25) is 4.98 Å². The summed E-state index contributed by atoms with van der Waals surface area (Å²) in [7, 11) is 4.04. The van der Waals surface area contributed by atoms with E-state index in [1.165, 1.54) is 12.1 Å². The van der Waals surface area contributed by atoms with Gasteiger partial charge in [0.15, 0.2) is 5.11 Å². The van der Waals surface area contributed by atoms with Gasteiger partial charge in [0.1, 0.15) is 0 Å². The highest BCUT2D eigenvalue weighted by atomic mass is 32.1. The molecule has 0 spiro atoms.